The van der Waals surface area contributed by atoms with Gasteiger partial charge in [0, 0.05) is 5.92 Å². The SMILES string of the molecule is COC1=CC=CCC1CC(C)C. The van der Waals surface area contributed by atoms with Gasteiger partial charge < -0.3 is 4.74 Å². The summed E-state index contributed by atoms with van der Waals surface area (Å²) in [4.78, 5) is 0. The summed E-state index contributed by atoms with van der Waals surface area (Å²) >= 11 is 0. The Hall–Kier alpha value is -0.720. The standard InChI is InChI=1S/C11H18O/c1-9(2)8-10-6-4-5-7-11(10)12-3/h4-5,7,9-10H,6,8H2,1-3H3. The molecule has 0 amide bonds. The number of hydrogen-bond acceptors (Lipinski definition) is 1. The topological polar surface area (TPSA) is 9.23 Å². The molecule has 0 bridgehead atoms. The fourth-order valence-corrected chi connectivity index (χ4v) is 1.67. The van der Waals surface area contributed by atoms with Crippen molar-refractivity contribution in [2.75, 3.05) is 7.11 Å². The highest BCUT2D eigenvalue weighted by Gasteiger charge is 2.16. The van der Waals surface area contributed by atoms with Crippen LogP contribution >= 0.6 is 0 Å². The zero-order valence-corrected chi connectivity index (χ0v) is 8.21. The van der Waals surface area contributed by atoms with Crippen molar-refractivity contribution in [1.82, 2.24) is 0 Å². The Morgan fingerprint density at radius 2 is 2.33 bits per heavy atom. The van der Waals surface area contributed by atoms with E-state index in [4.69, 9.17) is 4.74 Å². The highest BCUT2D eigenvalue weighted by Crippen LogP contribution is 2.27. The van der Waals surface area contributed by atoms with Gasteiger partial charge in [0.25, 0.3) is 0 Å². The fraction of sp³-hybridized carbons (Fsp3) is 0.636. The lowest BCUT2D eigenvalue weighted by Crippen LogP contribution is -2.10. The van der Waals surface area contributed by atoms with E-state index in [1.807, 2.05) is 0 Å². The quantitative estimate of drug-likeness (QED) is 0.626. The molecule has 0 aliphatic heterocycles. The largest absolute Gasteiger partial charge is 0.501 e. The van der Waals surface area contributed by atoms with Crippen molar-refractivity contribution in [2.24, 2.45) is 11.8 Å². The second kappa shape index (κ2) is 4.34. The zero-order chi connectivity index (χ0) is 8.97. The molecule has 1 aliphatic carbocycles. The van der Waals surface area contributed by atoms with Crippen molar-refractivity contribution in [2.45, 2.75) is 26.7 Å². The average molecular weight is 166 g/mol. The lowest BCUT2D eigenvalue weighted by Gasteiger charge is -2.21. The second-order valence-corrected chi connectivity index (χ2v) is 3.76. The maximum Gasteiger partial charge on any atom is 0.0989 e. The molecule has 1 unspecified atom stereocenters. The van der Waals surface area contributed by atoms with Crippen LogP contribution in [-0.4, -0.2) is 7.11 Å². The molecule has 1 nitrogen and oxygen atoms in total. The predicted octanol–water partition coefficient (Wildman–Crippen LogP) is 3.14. The molecule has 1 rings (SSSR count). The minimum absolute atomic E-state index is 0.611. The van der Waals surface area contributed by atoms with Gasteiger partial charge in [-0.25, -0.2) is 0 Å². The molecule has 0 heterocycles. The van der Waals surface area contributed by atoms with Crippen molar-refractivity contribution in [3.8, 4) is 0 Å². The van der Waals surface area contributed by atoms with E-state index in [1.165, 1.54) is 6.42 Å². The molecule has 0 saturated carbocycles. The summed E-state index contributed by atoms with van der Waals surface area (Å²) in [7, 11) is 1.76. The highest BCUT2D eigenvalue weighted by molar-refractivity contribution is 5.16. The predicted molar refractivity (Wildman–Crippen MR) is 51.8 cm³/mol. The summed E-state index contributed by atoms with van der Waals surface area (Å²) in [6, 6.07) is 0. The smallest absolute Gasteiger partial charge is 0.0989 e. The third-order valence-electron chi connectivity index (χ3n) is 2.21. The van der Waals surface area contributed by atoms with Gasteiger partial charge in [0.1, 0.15) is 0 Å². The van der Waals surface area contributed by atoms with Gasteiger partial charge >= 0.3 is 0 Å². The van der Waals surface area contributed by atoms with Crippen LogP contribution in [0.15, 0.2) is 24.0 Å². The van der Waals surface area contributed by atoms with Crippen LogP contribution in [0.1, 0.15) is 26.7 Å². The van der Waals surface area contributed by atoms with E-state index in [-0.39, 0.29) is 0 Å². The van der Waals surface area contributed by atoms with Gasteiger partial charge in [-0.3, -0.25) is 0 Å². The van der Waals surface area contributed by atoms with Crippen LogP contribution in [0.2, 0.25) is 0 Å². The zero-order valence-electron chi connectivity index (χ0n) is 8.21. The monoisotopic (exact) mass is 166 g/mol. The molecule has 0 saturated heterocycles. The molecular weight excluding hydrogens is 148 g/mol. The third kappa shape index (κ3) is 2.40. The lowest BCUT2D eigenvalue weighted by molar-refractivity contribution is 0.225. The molecule has 0 N–H and O–H groups in total. The summed E-state index contributed by atoms with van der Waals surface area (Å²) in [6.07, 6.45) is 8.74. The number of rotatable bonds is 3. The van der Waals surface area contributed by atoms with Crippen LogP contribution in [0.5, 0.6) is 0 Å². The van der Waals surface area contributed by atoms with E-state index in [0.29, 0.717) is 5.92 Å². The van der Waals surface area contributed by atoms with Crippen LogP contribution in [0.4, 0.5) is 0 Å². The summed E-state index contributed by atoms with van der Waals surface area (Å²) < 4.78 is 5.31. The van der Waals surface area contributed by atoms with Crippen LogP contribution in [-0.2, 0) is 4.74 Å². The number of hydrogen-bond donors (Lipinski definition) is 0. The van der Waals surface area contributed by atoms with Gasteiger partial charge in [0.05, 0.1) is 12.9 Å². The first-order valence-corrected chi connectivity index (χ1v) is 4.64. The fourth-order valence-electron chi connectivity index (χ4n) is 1.67. The van der Waals surface area contributed by atoms with Crippen molar-refractivity contribution >= 4 is 0 Å². The molecule has 0 aromatic heterocycles. The van der Waals surface area contributed by atoms with E-state index < -0.39 is 0 Å². The number of ether oxygens (including phenoxy) is 1. The molecule has 1 heteroatoms. The maximum absolute atomic E-state index is 5.31. The second-order valence-electron chi connectivity index (χ2n) is 3.76. The average Bonchev–Trinajstić information content (AvgIpc) is 2.04. The Bertz CT molecular complexity index is 189. The Balaban J connectivity index is 2.54. The third-order valence-corrected chi connectivity index (χ3v) is 2.21. The minimum atomic E-state index is 0.611. The summed E-state index contributed by atoms with van der Waals surface area (Å²) in [5.41, 5.74) is 0. The highest BCUT2D eigenvalue weighted by atomic mass is 16.5. The summed E-state index contributed by atoms with van der Waals surface area (Å²) in [6.45, 7) is 4.51. The van der Waals surface area contributed by atoms with Crippen molar-refractivity contribution in [1.29, 1.82) is 0 Å². The molecular formula is C11H18O. The van der Waals surface area contributed by atoms with Crippen LogP contribution < -0.4 is 0 Å². The Labute approximate surface area is 75.1 Å². The first-order chi connectivity index (χ1) is 5.74. The van der Waals surface area contributed by atoms with E-state index >= 15 is 0 Å². The first-order valence-electron chi connectivity index (χ1n) is 4.64. The Morgan fingerprint density at radius 3 is 2.92 bits per heavy atom. The summed E-state index contributed by atoms with van der Waals surface area (Å²) in [5, 5.41) is 0. The van der Waals surface area contributed by atoms with Crippen molar-refractivity contribution in [3.63, 3.8) is 0 Å². The molecule has 0 radical (unpaired) electrons. The molecule has 1 atom stereocenters. The van der Waals surface area contributed by atoms with Gasteiger partial charge in [-0.1, -0.05) is 26.0 Å². The molecule has 1 aliphatic rings. The van der Waals surface area contributed by atoms with Gasteiger partial charge in [0.15, 0.2) is 0 Å². The molecule has 0 fully saturated rings. The first kappa shape index (κ1) is 9.37. The van der Waals surface area contributed by atoms with Crippen molar-refractivity contribution < 1.29 is 4.74 Å². The maximum atomic E-state index is 5.31. The Morgan fingerprint density at radius 1 is 1.58 bits per heavy atom. The van der Waals surface area contributed by atoms with Gasteiger partial charge in [-0.05, 0) is 24.8 Å². The molecule has 0 spiro atoms. The van der Waals surface area contributed by atoms with Crippen molar-refractivity contribution in [3.05, 3.63) is 24.0 Å². The van der Waals surface area contributed by atoms with E-state index in [1.54, 1.807) is 7.11 Å². The molecule has 12 heavy (non-hydrogen) atoms. The number of methoxy groups -OCH3 is 1. The Kier molecular flexibility index (Phi) is 3.39. The molecule has 0 aromatic rings. The van der Waals surface area contributed by atoms with Gasteiger partial charge in [0.2, 0.25) is 0 Å². The van der Waals surface area contributed by atoms with Crippen LogP contribution in [0.25, 0.3) is 0 Å². The van der Waals surface area contributed by atoms with Gasteiger partial charge in [-0.15, -0.1) is 0 Å². The lowest BCUT2D eigenvalue weighted by atomic mass is 9.90. The van der Waals surface area contributed by atoms with Gasteiger partial charge in [-0.2, -0.15) is 0 Å². The summed E-state index contributed by atoms with van der Waals surface area (Å²) in [5.74, 6) is 2.51. The van der Waals surface area contributed by atoms with E-state index in [2.05, 4.69) is 32.1 Å². The molecule has 68 valence electrons. The van der Waals surface area contributed by atoms with Crippen LogP contribution in [0, 0.1) is 11.8 Å². The van der Waals surface area contributed by atoms with E-state index in [0.717, 1.165) is 18.1 Å². The van der Waals surface area contributed by atoms with Crippen LogP contribution in [0.3, 0.4) is 0 Å². The molecule has 0 aromatic carbocycles. The number of allylic oxidation sites excluding steroid dienone is 4. The minimum Gasteiger partial charge on any atom is -0.501 e. The normalized spacial score (nSPS) is 22.7. The van der Waals surface area contributed by atoms with E-state index in [9.17, 15) is 0 Å².